The lowest BCUT2D eigenvalue weighted by molar-refractivity contribution is -0.0196. The minimum Gasteiger partial charge on any atom is -0.373 e. The van der Waals surface area contributed by atoms with Crippen LogP contribution in [0.1, 0.15) is 10.4 Å². The Morgan fingerprint density at radius 1 is 1.63 bits per heavy atom. The van der Waals surface area contributed by atoms with E-state index in [0.717, 1.165) is 0 Å². The van der Waals surface area contributed by atoms with Crippen molar-refractivity contribution in [2.24, 2.45) is 0 Å². The summed E-state index contributed by atoms with van der Waals surface area (Å²) < 4.78 is 18.9. The van der Waals surface area contributed by atoms with Crippen LogP contribution < -0.4 is 5.32 Å². The van der Waals surface area contributed by atoms with Gasteiger partial charge >= 0.3 is 0 Å². The van der Waals surface area contributed by atoms with Crippen molar-refractivity contribution < 1.29 is 13.9 Å². The van der Waals surface area contributed by atoms with E-state index in [4.69, 9.17) is 16.3 Å². The summed E-state index contributed by atoms with van der Waals surface area (Å²) in [6, 6.07) is 4.26. The Morgan fingerprint density at radius 3 is 3.16 bits per heavy atom. The Hall–Kier alpha value is -1.17. The molecule has 0 bridgehead atoms. The van der Waals surface area contributed by atoms with Gasteiger partial charge in [0.05, 0.1) is 23.3 Å². The average Bonchev–Trinajstić information content (AvgIpc) is 2.42. The standard InChI is InChI=1S/C13H16ClFN2O2/c1-16-7-9-8-17(5-6-19-9)13(18)10-3-2-4-11(15)12(10)14/h2-4,9,16H,5-8H2,1H3. The largest absolute Gasteiger partial charge is 0.373 e. The van der Waals surface area contributed by atoms with Crippen molar-refractivity contribution in [1.29, 1.82) is 0 Å². The first-order valence-electron chi connectivity index (χ1n) is 6.13. The van der Waals surface area contributed by atoms with Gasteiger partial charge in [-0.3, -0.25) is 4.79 Å². The maximum Gasteiger partial charge on any atom is 0.255 e. The van der Waals surface area contributed by atoms with Crippen molar-refractivity contribution in [1.82, 2.24) is 10.2 Å². The molecule has 0 aliphatic carbocycles. The molecule has 0 spiro atoms. The van der Waals surface area contributed by atoms with Crippen molar-refractivity contribution >= 4 is 17.5 Å². The fourth-order valence-corrected chi connectivity index (χ4v) is 2.30. The van der Waals surface area contributed by atoms with Gasteiger partial charge in [0.2, 0.25) is 0 Å². The highest BCUT2D eigenvalue weighted by Gasteiger charge is 2.26. The molecular formula is C13H16ClFN2O2. The number of rotatable bonds is 3. The predicted molar refractivity (Wildman–Crippen MR) is 71.0 cm³/mol. The molecule has 1 N–H and O–H groups in total. The lowest BCUT2D eigenvalue weighted by atomic mass is 10.1. The number of halogens is 2. The maximum absolute atomic E-state index is 13.4. The molecule has 1 aromatic carbocycles. The predicted octanol–water partition coefficient (Wildman–Crippen LogP) is 1.54. The highest BCUT2D eigenvalue weighted by Crippen LogP contribution is 2.22. The van der Waals surface area contributed by atoms with Crippen molar-refractivity contribution in [2.45, 2.75) is 6.10 Å². The Kier molecular flexibility index (Phi) is 4.74. The number of amides is 1. The third-order valence-corrected chi connectivity index (χ3v) is 3.42. The number of nitrogens with zero attached hydrogens (tertiary/aromatic N) is 1. The van der Waals surface area contributed by atoms with Gasteiger partial charge in [-0.05, 0) is 19.2 Å². The SMILES string of the molecule is CNCC1CN(C(=O)c2cccc(F)c2Cl)CCO1. The first-order valence-corrected chi connectivity index (χ1v) is 6.50. The van der Waals surface area contributed by atoms with Gasteiger partial charge < -0.3 is 15.0 Å². The van der Waals surface area contributed by atoms with Crippen LogP contribution in [0.4, 0.5) is 4.39 Å². The summed E-state index contributed by atoms with van der Waals surface area (Å²) in [7, 11) is 1.83. The molecular weight excluding hydrogens is 271 g/mol. The van der Waals surface area contributed by atoms with Crippen LogP contribution in [0, 0.1) is 5.82 Å². The molecule has 2 rings (SSSR count). The molecule has 1 fully saturated rings. The zero-order valence-corrected chi connectivity index (χ0v) is 11.4. The molecule has 1 atom stereocenters. The van der Waals surface area contributed by atoms with E-state index < -0.39 is 5.82 Å². The van der Waals surface area contributed by atoms with Crippen LogP contribution in [0.25, 0.3) is 0 Å². The van der Waals surface area contributed by atoms with E-state index in [9.17, 15) is 9.18 Å². The molecule has 0 radical (unpaired) electrons. The molecule has 6 heteroatoms. The number of carbonyl (C=O) groups is 1. The number of hydrogen-bond donors (Lipinski definition) is 1. The minimum absolute atomic E-state index is 0.0463. The second-order valence-electron chi connectivity index (χ2n) is 4.40. The third-order valence-electron chi connectivity index (χ3n) is 3.04. The smallest absolute Gasteiger partial charge is 0.255 e. The molecule has 0 saturated carbocycles. The maximum atomic E-state index is 13.4. The van der Waals surface area contributed by atoms with Crippen molar-refractivity contribution in [2.75, 3.05) is 33.3 Å². The van der Waals surface area contributed by atoms with Gasteiger partial charge in [-0.2, -0.15) is 0 Å². The van der Waals surface area contributed by atoms with Crippen LogP contribution in [0.15, 0.2) is 18.2 Å². The van der Waals surface area contributed by atoms with Crippen LogP contribution in [-0.2, 0) is 4.74 Å². The number of likely N-dealkylation sites (N-methyl/N-ethyl adjacent to an activating group) is 1. The zero-order valence-electron chi connectivity index (χ0n) is 10.7. The van der Waals surface area contributed by atoms with Gasteiger partial charge in [0, 0.05) is 19.6 Å². The summed E-state index contributed by atoms with van der Waals surface area (Å²) in [4.78, 5) is 14.0. The molecule has 1 saturated heterocycles. The Labute approximate surface area is 116 Å². The highest BCUT2D eigenvalue weighted by molar-refractivity contribution is 6.34. The fraction of sp³-hybridized carbons (Fsp3) is 0.462. The molecule has 0 aromatic heterocycles. The molecule has 1 amide bonds. The summed E-state index contributed by atoms with van der Waals surface area (Å²) in [5.41, 5.74) is 0.201. The second kappa shape index (κ2) is 6.32. The van der Waals surface area contributed by atoms with E-state index in [-0.39, 0.29) is 22.6 Å². The summed E-state index contributed by atoms with van der Waals surface area (Å²) >= 11 is 5.84. The van der Waals surface area contributed by atoms with Crippen molar-refractivity contribution in [3.8, 4) is 0 Å². The number of ether oxygens (including phenoxy) is 1. The molecule has 104 valence electrons. The number of morpholine rings is 1. The molecule has 1 aromatic rings. The van der Waals surface area contributed by atoms with Crippen LogP contribution in [0.5, 0.6) is 0 Å². The molecule has 1 aliphatic rings. The normalized spacial score (nSPS) is 19.5. The number of hydrogen-bond acceptors (Lipinski definition) is 3. The summed E-state index contributed by atoms with van der Waals surface area (Å²) in [6.45, 7) is 2.12. The Bertz CT molecular complexity index is 468. The Morgan fingerprint density at radius 2 is 2.42 bits per heavy atom. The average molecular weight is 287 g/mol. The quantitative estimate of drug-likeness (QED) is 0.916. The van der Waals surface area contributed by atoms with Crippen LogP contribution in [0.2, 0.25) is 5.02 Å². The van der Waals surface area contributed by atoms with E-state index in [2.05, 4.69) is 5.32 Å². The van der Waals surface area contributed by atoms with Gasteiger partial charge in [0.15, 0.2) is 0 Å². The molecule has 4 nitrogen and oxygen atoms in total. The van der Waals surface area contributed by atoms with Crippen LogP contribution >= 0.6 is 11.6 Å². The van der Waals surface area contributed by atoms with Gasteiger partial charge in [-0.25, -0.2) is 4.39 Å². The number of benzene rings is 1. The number of nitrogens with one attached hydrogen (secondary N) is 1. The summed E-state index contributed by atoms with van der Waals surface area (Å²) in [6.07, 6.45) is -0.0463. The fourth-order valence-electron chi connectivity index (χ4n) is 2.09. The summed E-state index contributed by atoms with van der Waals surface area (Å²) in [5.74, 6) is -0.832. The van der Waals surface area contributed by atoms with Crippen molar-refractivity contribution in [3.05, 3.63) is 34.6 Å². The van der Waals surface area contributed by atoms with Gasteiger partial charge in [-0.15, -0.1) is 0 Å². The van der Waals surface area contributed by atoms with Gasteiger partial charge in [0.1, 0.15) is 5.82 Å². The molecule has 1 unspecified atom stereocenters. The van der Waals surface area contributed by atoms with E-state index >= 15 is 0 Å². The van der Waals surface area contributed by atoms with Crippen LogP contribution in [0.3, 0.4) is 0 Å². The first kappa shape index (κ1) is 14.2. The second-order valence-corrected chi connectivity index (χ2v) is 4.78. The highest BCUT2D eigenvalue weighted by atomic mass is 35.5. The monoisotopic (exact) mass is 286 g/mol. The van der Waals surface area contributed by atoms with E-state index in [0.29, 0.717) is 26.2 Å². The van der Waals surface area contributed by atoms with E-state index in [1.54, 1.807) is 4.90 Å². The van der Waals surface area contributed by atoms with E-state index in [1.165, 1.54) is 18.2 Å². The van der Waals surface area contributed by atoms with E-state index in [1.807, 2.05) is 7.05 Å². The molecule has 1 heterocycles. The molecule has 19 heavy (non-hydrogen) atoms. The number of carbonyl (C=O) groups excluding carboxylic acids is 1. The topological polar surface area (TPSA) is 41.6 Å². The lowest BCUT2D eigenvalue weighted by Gasteiger charge is -2.33. The Balaban J connectivity index is 2.12. The van der Waals surface area contributed by atoms with Gasteiger partial charge in [-0.1, -0.05) is 17.7 Å². The first-order chi connectivity index (χ1) is 9.13. The van der Waals surface area contributed by atoms with Crippen molar-refractivity contribution in [3.63, 3.8) is 0 Å². The molecule has 1 aliphatic heterocycles. The van der Waals surface area contributed by atoms with Crippen LogP contribution in [-0.4, -0.2) is 50.2 Å². The lowest BCUT2D eigenvalue weighted by Crippen LogP contribution is -2.48. The third kappa shape index (κ3) is 3.23. The van der Waals surface area contributed by atoms with Gasteiger partial charge in [0.25, 0.3) is 5.91 Å². The minimum atomic E-state index is -0.576. The zero-order chi connectivity index (χ0) is 13.8. The summed E-state index contributed by atoms with van der Waals surface area (Å²) in [5, 5.41) is 2.89.